The van der Waals surface area contributed by atoms with Gasteiger partial charge in [-0.3, -0.25) is 0 Å². The first kappa shape index (κ1) is 3.93. The summed E-state index contributed by atoms with van der Waals surface area (Å²) in [5.41, 5.74) is 0. The molecule has 1 aliphatic rings. The van der Waals surface area contributed by atoms with Gasteiger partial charge in [0.2, 0.25) is 0 Å². The van der Waals surface area contributed by atoms with E-state index in [1.807, 2.05) is 12.2 Å². The van der Waals surface area contributed by atoms with E-state index in [-0.39, 0.29) is 0 Å². The maximum absolute atomic E-state index is 3.77. The monoisotopic (exact) mass is 97.0 g/mol. The molecule has 2 radical (unpaired) electrons. The second-order valence-electron chi connectivity index (χ2n) is 0.823. The van der Waals surface area contributed by atoms with Crippen molar-refractivity contribution in [2.75, 3.05) is 0 Å². The molecule has 0 atom stereocenters. The van der Waals surface area contributed by atoms with Gasteiger partial charge in [0.25, 0.3) is 0 Å². The van der Waals surface area contributed by atoms with Gasteiger partial charge < -0.3 is 0 Å². The van der Waals surface area contributed by atoms with E-state index >= 15 is 0 Å². The molecule has 2 heteroatoms. The summed E-state index contributed by atoms with van der Waals surface area (Å²) in [5, 5.41) is 0. The fourth-order valence-corrected chi connectivity index (χ4v) is 0.540. The highest BCUT2D eigenvalue weighted by Crippen LogP contribution is 2.08. The molecule has 0 bridgehead atoms. The van der Waals surface area contributed by atoms with Gasteiger partial charge in [-0.15, -0.1) is 0 Å². The molecule has 0 fully saturated rings. The molecule has 0 aromatic rings. The van der Waals surface area contributed by atoms with Crippen LogP contribution in [0.2, 0.25) is 0 Å². The Balaban J connectivity index is 2.46. The Labute approximate surface area is 41.3 Å². The number of allylic oxidation sites excluding steroid dienone is 1. The SMILES string of the molecule is [C]1C=CC=NS1. The molecule has 1 heterocycles. The van der Waals surface area contributed by atoms with Crippen LogP contribution in [0.1, 0.15) is 0 Å². The van der Waals surface area contributed by atoms with Gasteiger partial charge in [0.05, 0.1) is 5.75 Å². The van der Waals surface area contributed by atoms with Crippen LogP contribution in [-0.4, -0.2) is 6.21 Å². The van der Waals surface area contributed by atoms with Gasteiger partial charge in [0, 0.05) is 6.21 Å². The van der Waals surface area contributed by atoms with Crippen LogP contribution in [-0.2, 0) is 0 Å². The van der Waals surface area contributed by atoms with Crippen molar-refractivity contribution >= 4 is 18.2 Å². The Morgan fingerprint density at radius 1 is 1.67 bits per heavy atom. The minimum atomic E-state index is 1.33. The van der Waals surface area contributed by atoms with Crippen molar-refractivity contribution < 1.29 is 0 Å². The second-order valence-corrected chi connectivity index (χ2v) is 1.45. The number of nitrogens with zero attached hydrogens (tertiary/aromatic N) is 1. The van der Waals surface area contributed by atoms with Crippen LogP contribution in [0, 0.1) is 5.75 Å². The van der Waals surface area contributed by atoms with E-state index in [9.17, 15) is 0 Å². The topological polar surface area (TPSA) is 12.4 Å². The first-order valence-corrected chi connectivity index (χ1v) is 2.37. The zero-order valence-corrected chi connectivity index (χ0v) is 3.90. The van der Waals surface area contributed by atoms with E-state index in [0.29, 0.717) is 0 Å². The predicted molar refractivity (Wildman–Crippen MR) is 28.5 cm³/mol. The Morgan fingerprint density at radius 3 is 2.83 bits per heavy atom. The molecule has 0 aromatic carbocycles. The normalized spacial score (nSPS) is 18.7. The average Bonchev–Trinajstić information content (AvgIpc) is 1.72. The first-order valence-electron chi connectivity index (χ1n) is 1.60. The summed E-state index contributed by atoms with van der Waals surface area (Å²) in [6.07, 6.45) is 5.41. The summed E-state index contributed by atoms with van der Waals surface area (Å²) < 4.78 is 3.77. The molecule has 1 nitrogen and oxygen atoms in total. The second kappa shape index (κ2) is 2.03. The van der Waals surface area contributed by atoms with Crippen molar-refractivity contribution in [3.63, 3.8) is 0 Å². The summed E-state index contributed by atoms with van der Waals surface area (Å²) in [5.74, 6) is 2.82. The van der Waals surface area contributed by atoms with Crippen LogP contribution in [0.25, 0.3) is 0 Å². The van der Waals surface area contributed by atoms with Crippen molar-refractivity contribution in [3.05, 3.63) is 17.9 Å². The molecule has 0 spiro atoms. The summed E-state index contributed by atoms with van der Waals surface area (Å²) >= 11 is 1.33. The zero-order chi connectivity index (χ0) is 4.24. The third kappa shape index (κ3) is 0.863. The summed E-state index contributed by atoms with van der Waals surface area (Å²) in [6.45, 7) is 0. The highest BCUT2D eigenvalue weighted by atomic mass is 32.2. The lowest BCUT2D eigenvalue weighted by molar-refractivity contribution is 1.87. The quantitative estimate of drug-likeness (QED) is 0.415. The molecule has 0 unspecified atom stereocenters. The van der Waals surface area contributed by atoms with E-state index in [1.54, 1.807) is 6.21 Å². The number of hydrogen-bond acceptors (Lipinski definition) is 2. The third-order valence-electron chi connectivity index (χ3n) is 0.417. The minimum Gasteiger partial charge on any atom is -0.224 e. The van der Waals surface area contributed by atoms with E-state index < -0.39 is 0 Å². The van der Waals surface area contributed by atoms with Crippen LogP contribution in [0.3, 0.4) is 0 Å². The highest BCUT2D eigenvalue weighted by Gasteiger charge is 1.81. The Morgan fingerprint density at radius 2 is 2.67 bits per heavy atom. The lowest BCUT2D eigenvalue weighted by Gasteiger charge is -1.85. The van der Waals surface area contributed by atoms with Gasteiger partial charge in [-0.05, 0) is 18.0 Å². The molecule has 6 heavy (non-hydrogen) atoms. The van der Waals surface area contributed by atoms with Gasteiger partial charge in [0.15, 0.2) is 0 Å². The standard InChI is InChI=1S/C4H3NS/c1-2-4-6-5-3-1/h1-3H. The predicted octanol–water partition coefficient (Wildman–Crippen LogP) is 1.31. The molecule has 1 aliphatic heterocycles. The summed E-state index contributed by atoms with van der Waals surface area (Å²) in [7, 11) is 0. The van der Waals surface area contributed by atoms with E-state index in [0.717, 1.165) is 0 Å². The zero-order valence-electron chi connectivity index (χ0n) is 3.09. The van der Waals surface area contributed by atoms with Crippen LogP contribution in [0.4, 0.5) is 0 Å². The molecule has 0 N–H and O–H groups in total. The fraction of sp³-hybridized carbons (Fsp3) is 0. The molecule has 0 saturated carbocycles. The highest BCUT2D eigenvalue weighted by molar-refractivity contribution is 8.00. The maximum Gasteiger partial charge on any atom is 0.0996 e. The van der Waals surface area contributed by atoms with Crippen LogP contribution in [0.5, 0.6) is 0 Å². The van der Waals surface area contributed by atoms with Crippen molar-refractivity contribution in [1.29, 1.82) is 0 Å². The third-order valence-corrected chi connectivity index (χ3v) is 0.885. The molecule has 0 aliphatic carbocycles. The molecule has 0 amide bonds. The van der Waals surface area contributed by atoms with Crippen LogP contribution < -0.4 is 0 Å². The Kier molecular flexibility index (Phi) is 1.33. The molecular weight excluding hydrogens is 94.1 g/mol. The van der Waals surface area contributed by atoms with Gasteiger partial charge in [-0.2, -0.15) is 0 Å². The lowest BCUT2D eigenvalue weighted by atomic mass is 10.6. The van der Waals surface area contributed by atoms with E-state index in [2.05, 4.69) is 10.2 Å². The Bertz CT molecular complexity index is 73.5. The van der Waals surface area contributed by atoms with Gasteiger partial charge in [-0.1, -0.05) is 6.08 Å². The first-order chi connectivity index (χ1) is 3.00. The van der Waals surface area contributed by atoms with Gasteiger partial charge in [0.1, 0.15) is 0 Å². The number of rotatable bonds is 0. The van der Waals surface area contributed by atoms with Crippen molar-refractivity contribution in [2.24, 2.45) is 4.40 Å². The summed E-state index contributed by atoms with van der Waals surface area (Å²) in [6, 6.07) is 0. The summed E-state index contributed by atoms with van der Waals surface area (Å²) in [4.78, 5) is 0. The van der Waals surface area contributed by atoms with Crippen LogP contribution >= 0.6 is 11.9 Å². The molecular formula is C4H3NS. The number of hydrogen-bond donors (Lipinski definition) is 0. The van der Waals surface area contributed by atoms with Crippen molar-refractivity contribution in [3.8, 4) is 0 Å². The largest absolute Gasteiger partial charge is 0.224 e. The van der Waals surface area contributed by atoms with Crippen molar-refractivity contribution in [2.45, 2.75) is 0 Å². The maximum atomic E-state index is 3.77. The van der Waals surface area contributed by atoms with Gasteiger partial charge >= 0.3 is 0 Å². The van der Waals surface area contributed by atoms with Gasteiger partial charge in [-0.25, -0.2) is 4.40 Å². The van der Waals surface area contributed by atoms with Crippen LogP contribution in [0.15, 0.2) is 16.5 Å². The van der Waals surface area contributed by atoms with E-state index in [4.69, 9.17) is 0 Å². The Hall–Kier alpha value is -0.240. The fourth-order valence-electron chi connectivity index (χ4n) is 0.209. The van der Waals surface area contributed by atoms with E-state index in [1.165, 1.54) is 11.9 Å². The minimum absolute atomic E-state index is 1.33. The lowest BCUT2D eigenvalue weighted by Crippen LogP contribution is -1.67. The molecule has 0 saturated heterocycles. The average molecular weight is 97.1 g/mol. The smallest absolute Gasteiger partial charge is 0.0996 e. The van der Waals surface area contributed by atoms with Crippen molar-refractivity contribution in [1.82, 2.24) is 0 Å². The molecule has 0 aromatic heterocycles. The molecule has 1 rings (SSSR count). The molecule has 30 valence electrons.